The van der Waals surface area contributed by atoms with Gasteiger partial charge in [-0.05, 0) is 64.3 Å². The summed E-state index contributed by atoms with van der Waals surface area (Å²) in [5.74, 6) is -2.32. The van der Waals surface area contributed by atoms with E-state index in [0.717, 1.165) is 37.0 Å². The summed E-state index contributed by atoms with van der Waals surface area (Å²) < 4.78 is 43.4. The maximum atomic E-state index is 14.5. The zero-order chi connectivity index (χ0) is 25.2. The third-order valence-corrected chi connectivity index (χ3v) is 7.83. The second kappa shape index (κ2) is 7.91. The van der Waals surface area contributed by atoms with E-state index in [1.807, 2.05) is 13.0 Å². The SMILES string of the molecule is Cc1cc(N2CC(C(C)(C)Nc3nc4c(-c5ccc(F)c(F)c5F)cccn4n3)C23CCC3)ncn1. The van der Waals surface area contributed by atoms with Crippen molar-refractivity contribution in [3.63, 3.8) is 0 Å². The summed E-state index contributed by atoms with van der Waals surface area (Å²) in [4.78, 5) is 15.7. The van der Waals surface area contributed by atoms with Gasteiger partial charge in [0, 0.05) is 52.6 Å². The van der Waals surface area contributed by atoms with E-state index in [1.54, 1.807) is 24.7 Å². The van der Waals surface area contributed by atoms with Gasteiger partial charge in [0.25, 0.3) is 0 Å². The lowest BCUT2D eigenvalue weighted by molar-refractivity contribution is 0.0279. The van der Waals surface area contributed by atoms with Gasteiger partial charge in [-0.2, -0.15) is 4.98 Å². The Morgan fingerprint density at radius 3 is 2.58 bits per heavy atom. The van der Waals surface area contributed by atoms with Crippen LogP contribution in [-0.4, -0.2) is 42.2 Å². The predicted molar refractivity (Wildman–Crippen MR) is 130 cm³/mol. The summed E-state index contributed by atoms with van der Waals surface area (Å²) >= 11 is 0. The smallest absolute Gasteiger partial charge is 0.243 e. The van der Waals surface area contributed by atoms with Crippen LogP contribution in [0.15, 0.2) is 42.9 Å². The molecule has 10 heteroatoms. The molecule has 0 bridgehead atoms. The number of fused-ring (bicyclic) bond motifs is 1. The number of pyridine rings is 1. The average molecular weight is 494 g/mol. The third kappa shape index (κ3) is 3.34. The quantitative estimate of drug-likeness (QED) is 0.387. The lowest BCUT2D eigenvalue weighted by Crippen LogP contribution is -2.77. The minimum absolute atomic E-state index is 0.0242. The van der Waals surface area contributed by atoms with E-state index in [-0.39, 0.29) is 16.6 Å². The van der Waals surface area contributed by atoms with Crippen molar-refractivity contribution in [1.29, 1.82) is 0 Å². The zero-order valence-corrected chi connectivity index (χ0v) is 20.3. The molecule has 1 aliphatic heterocycles. The molecule has 1 aliphatic carbocycles. The Bertz CT molecular complexity index is 1480. The van der Waals surface area contributed by atoms with Crippen LogP contribution in [0, 0.1) is 30.3 Å². The van der Waals surface area contributed by atoms with Crippen molar-refractivity contribution in [2.75, 3.05) is 16.8 Å². The fourth-order valence-electron chi connectivity index (χ4n) is 5.86. The zero-order valence-electron chi connectivity index (χ0n) is 20.3. The van der Waals surface area contributed by atoms with Crippen LogP contribution in [-0.2, 0) is 0 Å². The number of aromatic nitrogens is 5. The molecule has 7 nitrogen and oxygen atoms in total. The first kappa shape index (κ1) is 22.8. The van der Waals surface area contributed by atoms with E-state index in [2.05, 4.69) is 44.1 Å². The number of rotatable bonds is 5. The number of hydrogen-bond donors (Lipinski definition) is 1. The number of aryl methyl sites for hydroxylation is 1. The van der Waals surface area contributed by atoms with Crippen molar-refractivity contribution in [3.05, 3.63) is 66.0 Å². The van der Waals surface area contributed by atoms with Gasteiger partial charge in [0.15, 0.2) is 23.1 Å². The fraction of sp³-hybridized carbons (Fsp3) is 0.385. The molecule has 4 aromatic rings. The van der Waals surface area contributed by atoms with Crippen LogP contribution in [0.2, 0.25) is 0 Å². The molecule has 1 spiro atoms. The summed E-state index contributed by atoms with van der Waals surface area (Å²) in [7, 11) is 0. The molecule has 0 amide bonds. The van der Waals surface area contributed by atoms with Crippen LogP contribution < -0.4 is 10.2 Å². The van der Waals surface area contributed by atoms with Crippen LogP contribution in [0.3, 0.4) is 0 Å². The van der Waals surface area contributed by atoms with Gasteiger partial charge in [0.1, 0.15) is 12.1 Å². The monoisotopic (exact) mass is 493 g/mol. The van der Waals surface area contributed by atoms with Crippen molar-refractivity contribution in [2.24, 2.45) is 5.92 Å². The summed E-state index contributed by atoms with van der Waals surface area (Å²) in [6, 6.07) is 7.44. The molecule has 0 radical (unpaired) electrons. The molecule has 1 saturated carbocycles. The van der Waals surface area contributed by atoms with Crippen LogP contribution in [0.25, 0.3) is 16.8 Å². The molecule has 1 N–H and O–H groups in total. The maximum Gasteiger partial charge on any atom is 0.243 e. The van der Waals surface area contributed by atoms with Gasteiger partial charge >= 0.3 is 0 Å². The molecule has 2 aliphatic rings. The Morgan fingerprint density at radius 2 is 1.86 bits per heavy atom. The van der Waals surface area contributed by atoms with E-state index < -0.39 is 17.5 Å². The van der Waals surface area contributed by atoms with E-state index in [9.17, 15) is 13.2 Å². The Morgan fingerprint density at radius 1 is 1.06 bits per heavy atom. The molecule has 1 saturated heterocycles. The molecule has 1 aromatic carbocycles. The molecule has 6 rings (SSSR count). The Hall–Kier alpha value is -3.69. The molecule has 4 heterocycles. The molecular weight excluding hydrogens is 467 g/mol. The largest absolute Gasteiger partial charge is 0.350 e. The normalized spacial score (nSPS) is 18.8. The lowest BCUT2D eigenvalue weighted by atomic mass is 9.55. The molecular formula is C26H26F3N7. The van der Waals surface area contributed by atoms with Crippen molar-refractivity contribution in [3.8, 4) is 11.1 Å². The first-order valence-corrected chi connectivity index (χ1v) is 12.0. The number of anilines is 2. The van der Waals surface area contributed by atoms with Crippen molar-refractivity contribution < 1.29 is 13.2 Å². The van der Waals surface area contributed by atoms with Gasteiger partial charge < -0.3 is 10.2 Å². The summed E-state index contributed by atoms with van der Waals surface area (Å²) in [6.45, 7) is 7.09. The summed E-state index contributed by atoms with van der Waals surface area (Å²) in [6.07, 6.45) is 6.65. The van der Waals surface area contributed by atoms with E-state index >= 15 is 0 Å². The second-order valence-electron chi connectivity index (χ2n) is 10.3. The van der Waals surface area contributed by atoms with Crippen molar-refractivity contribution in [2.45, 2.75) is 51.1 Å². The summed E-state index contributed by atoms with van der Waals surface area (Å²) in [5, 5.41) is 8.04. The molecule has 1 unspecified atom stereocenters. The minimum Gasteiger partial charge on any atom is -0.350 e. The Labute approximate surface area is 206 Å². The highest BCUT2D eigenvalue weighted by Gasteiger charge is 2.62. The van der Waals surface area contributed by atoms with E-state index in [1.165, 1.54) is 17.0 Å². The third-order valence-electron chi connectivity index (χ3n) is 7.83. The van der Waals surface area contributed by atoms with Gasteiger partial charge in [0.05, 0.1) is 0 Å². The minimum atomic E-state index is -1.51. The highest BCUT2D eigenvalue weighted by molar-refractivity contribution is 5.78. The number of hydrogen-bond acceptors (Lipinski definition) is 6. The molecule has 3 aromatic heterocycles. The van der Waals surface area contributed by atoms with Crippen LogP contribution in [0.5, 0.6) is 0 Å². The van der Waals surface area contributed by atoms with Crippen LogP contribution in [0.4, 0.5) is 24.9 Å². The second-order valence-corrected chi connectivity index (χ2v) is 10.3. The van der Waals surface area contributed by atoms with Gasteiger partial charge in [-0.3, -0.25) is 0 Å². The van der Waals surface area contributed by atoms with E-state index in [0.29, 0.717) is 23.1 Å². The first-order chi connectivity index (χ1) is 17.2. The number of benzene rings is 1. The van der Waals surface area contributed by atoms with Gasteiger partial charge in [-0.1, -0.05) is 0 Å². The standard InChI is InChI=1S/C26H26F3N7/c1-15-12-20(31-14-30-15)35-13-19(26(35)9-5-10-26)25(2,3)33-24-32-23-17(6-4-11-36(23)34-24)16-7-8-18(27)22(29)21(16)28/h4,6-8,11-12,14,19H,5,9-10,13H2,1-3H3,(H,33,34). The highest BCUT2D eigenvalue weighted by atomic mass is 19.2. The number of nitrogens with zero attached hydrogens (tertiary/aromatic N) is 6. The fourth-order valence-corrected chi connectivity index (χ4v) is 5.86. The topological polar surface area (TPSA) is 71.2 Å². The Kier molecular flexibility index (Phi) is 5.00. The van der Waals surface area contributed by atoms with Crippen LogP contribution in [0.1, 0.15) is 38.8 Å². The van der Waals surface area contributed by atoms with Gasteiger partial charge in [-0.15, -0.1) is 5.10 Å². The molecule has 36 heavy (non-hydrogen) atoms. The number of nitrogens with one attached hydrogen (secondary N) is 1. The number of halogens is 3. The average Bonchev–Trinajstić information content (AvgIpc) is 3.18. The van der Waals surface area contributed by atoms with Crippen molar-refractivity contribution >= 4 is 17.4 Å². The molecule has 2 fully saturated rings. The highest BCUT2D eigenvalue weighted by Crippen LogP contribution is 2.56. The lowest BCUT2D eigenvalue weighted by Gasteiger charge is -2.68. The predicted octanol–water partition coefficient (Wildman–Crippen LogP) is 5.16. The molecule has 1 atom stereocenters. The van der Waals surface area contributed by atoms with Crippen molar-refractivity contribution in [1.82, 2.24) is 24.6 Å². The van der Waals surface area contributed by atoms with Gasteiger partial charge in [-0.25, -0.2) is 27.7 Å². The Balaban J connectivity index is 1.30. The van der Waals surface area contributed by atoms with E-state index in [4.69, 9.17) is 0 Å². The first-order valence-electron chi connectivity index (χ1n) is 12.0. The molecule has 186 valence electrons. The van der Waals surface area contributed by atoms with Gasteiger partial charge in [0.2, 0.25) is 5.95 Å². The maximum absolute atomic E-state index is 14.5. The van der Waals surface area contributed by atoms with Crippen LogP contribution >= 0.6 is 0 Å². The summed E-state index contributed by atoms with van der Waals surface area (Å²) in [5.41, 5.74) is 1.23.